The molecule has 4 heteroatoms. The number of likely N-dealkylation sites (tertiary alicyclic amines) is 1. The lowest BCUT2D eigenvalue weighted by atomic mass is 9.91. The number of piperidine rings is 1. The second kappa shape index (κ2) is 6.39. The Morgan fingerprint density at radius 2 is 2.10 bits per heavy atom. The molecule has 0 saturated carbocycles. The molecule has 1 heterocycles. The summed E-state index contributed by atoms with van der Waals surface area (Å²) in [5.41, 5.74) is 0.172. The van der Waals surface area contributed by atoms with Crippen molar-refractivity contribution < 1.29 is 14.9 Å². The Morgan fingerprint density at radius 3 is 2.70 bits per heavy atom. The third kappa shape index (κ3) is 3.82. The minimum absolute atomic E-state index is 0.514. The van der Waals surface area contributed by atoms with Crippen LogP contribution >= 0.6 is 0 Å². The molecule has 1 aromatic rings. The first-order valence-electron chi connectivity index (χ1n) is 6.94. The maximum atomic E-state index is 9.91. The Morgan fingerprint density at radius 1 is 1.40 bits per heavy atom. The van der Waals surface area contributed by atoms with Gasteiger partial charge in [0.25, 0.3) is 0 Å². The monoisotopic (exact) mass is 277 g/mol. The summed E-state index contributed by atoms with van der Waals surface area (Å²) in [5.74, 6) is 0.850. The molecular weight excluding hydrogens is 254 g/mol. The maximum Gasteiger partial charge on any atom is 0.118 e. The van der Waals surface area contributed by atoms with Crippen LogP contribution in [0.3, 0.4) is 0 Å². The van der Waals surface area contributed by atoms with Gasteiger partial charge in [-0.05, 0) is 31.0 Å². The fourth-order valence-corrected chi connectivity index (χ4v) is 2.30. The van der Waals surface area contributed by atoms with Crippen LogP contribution < -0.4 is 4.74 Å². The van der Waals surface area contributed by atoms with Gasteiger partial charge in [0.15, 0.2) is 0 Å². The van der Waals surface area contributed by atoms with Crippen molar-refractivity contribution in [2.75, 3.05) is 26.7 Å². The molecule has 2 rings (SSSR count). The Bertz CT molecular complexity index is 453. The van der Waals surface area contributed by atoms with Gasteiger partial charge in [0.2, 0.25) is 0 Å². The quantitative estimate of drug-likeness (QED) is 0.876. The molecule has 0 radical (unpaired) electrons. The molecule has 0 bridgehead atoms. The average Bonchev–Trinajstić information content (AvgIpc) is 2.44. The molecule has 110 valence electrons. The number of ether oxygens (including phenoxy) is 1. The third-order valence-corrected chi connectivity index (χ3v) is 3.87. The summed E-state index contributed by atoms with van der Waals surface area (Å²) >= 11 is 0. The van der Waals surface area contributed by atoms with Gasteiger partial charge in [0.05, 0.1) is 18.8 Å². The lowest BCUT2D eigenvalue weighted by Crippen LogP contribution is -2.53. The molecule has 2 atom stereocenters. The molecule has 1 saturated heterocycles. The van der Waals surface area contributed by atoms with Crippen LogP contribution in [0.1, 0.15) is 18.9 Å². The van der Waals surface area contributed by atoms with Gasteiger partial charge in [-0.1, -0.05) is 24.3 Å². The van der Waals surface area contributed by atoms with Gasteiger partial charge in [-0.3, -0.25) is 4.90 Å². The van der Waals surface area contributed by atoms with Crippen LogP contribution in [0.25, 0.3) is 6.08 Å². The van der Waals surface area contributed by atoms with Gasteiger partial charge >= 0.3 is 0 Å². The number of hydrogen-bond donors (Lipinski definition) is 2. The van der Waals surface area contributed by atoms with Crippen LogP contribution in [0.2, 0.25) is 0 Å². The molecular formula is C16H23NO3. The predicted octanol–water partition coefficient (Wildman–Crippen LogP) is 1.53. The SMILES string of the molecule is COc1ccc(/C=C/CN2CC[C@@](C)(O)[C@H](O)C2)cc1. The van der Waals surface area contributed by atoms with Gasteiger partial charge in [-0.2, -0.15) is 0 Å². The summed E-state index contributed by atoms with van der Waals surface area (Å²) in [5, 5.41) is 19.8. The van der Waals surface area contributed by atoms with E-state index in [0.29, 0.717) is 13.0 Å². The van der Waals surface area contributed by atoms with E-state index in [1.165, 1.54) is 0 Å². The molecule has 20 heavy (non-hydrogen) atoms. The van der Waals surface area contributed by atoms with E-state index in [9.17, 15) is 10.2 Å². The fraction of sp³-hybridized carbons (Fsp3) is 0.500. The molecule has 1 fully saturated rings. The van der Waals surface area contributed by atoms with Crippen molar-refractivity contribution >= 4 is 6.08 Å². The molecule has 0 unspecified atom stereocenters. The van der Waals surface area contributed by atoms with E-state index < -0.39 is 11.7 Å². The molecule has 0 aromatic heterocycles. The molecule has 1 aromatic carbocycles. The number of β-amino-alcohol motifs (C(OH)–C–C–N with tert-alkyl or cyclic N) is 1. The molecule has 0 amide bonds. The summed E-state index contributed by atoms with van der Waals surface area (Å²) in [7, 11) is 1.65. The van der Waals surface area contributed by atoms with Gasteiger partial charge in [-0.25, -0.2) is 0 Å². The summed E-state index contributed by atoms with van der Waals surface area (Å²) in [6.07, 6.45) is 4.06. The van der Waals surface area contributed by atoms with Gasteiger partial charge in [-0.15, -0.1) is 0 Å². The first kappa shape index (κ1) is 15.0. The minimum atomic E-state index is -0.948. The van der Waals surface area contributed by atoms with E-state index in [1.807, 2.05) is 24.3 Å². The Kier molecular flexibility index (Phi) is 4.81. The number of benzene rings is 1. The zero-order valence-corrected chi connectivity index (χ0v) is 12.1. The summed E-state index contributed by atoms with van der Waals surface area (Å²) in [6, 6.07) is 7.87. The lowest BCUT2D eigenvalue weighted by molar-refractivity contribution is -0.105. The predicted molar refractivity (Wildman–Crippen MR) is 79.7 cm³/mol. The highest BCUT2D eigenvalue weighted by molar-refractivity contribution is 5.50. The second-order valence-corrected chi connectivity index (χ2v) is 5.56. The van der Waals surface area contributed by atoms with E-state index in [4.69, 9.17) is 4.74 Å². The Hall–Kier alpha value is -1.36. The van der Waals surface area contributed by atoms with Crippen molar-refractivity contribution in [1.82, 2.24) is 4.90 Å². The molecule has 4 nitrogen and oxygen atoms in total. The fourth-order valence-electron chi connectivity index (χ4n) is 2.30. The van der Waals surface area contributed by atoms with Crippen molar-refractivity contribution in [1.29, 1.82) is 0 Å². The first-order chi connectivity index (χ1) is 9.51. The summed E-state index contributed by atoms with van der Waals surface area (Å²) < 4.78 is 5.12. The second-order valence-electron chi connectivity index (χ2n) is 5.56. The van der Waals surface area contributed by atoms with E-state index >= 15 is 0 Å². The number of aliphatic hydroxyl groups is 2. The maximum absolute atomic E-state index is 9.91. The van der Waals surface area contributed by atoms with Crippen molar-refractivity contribution in [3.05, 3.63) is 35.9 Å². The smallest absolute Gasteiger partial charge is 0.118 e. The number of nitrogens with zero attached hydrogens (tertiary/aromatic N) is 1. The van der Waals surface area contributed by atoms with E-state index in [0.717, 1.165) is 24.4 Å². The van der Waals surface area contributed by atoms with Crippen molar-refractivity contribution in [3.8, 4) is 5.75 Å². The van der Waals surface area contributed by atoms with E-state index in [-0.39, 0.29) is 0 Å². The lowest BCUT2D eigenvalue weighted by Gasteiger charge is -2.39. The highest BCUT2D eigenvalue weighted by Crippen LogP contribution is 2.21. The Labute approximate surface area is 120 Å². The van der Waals surface area contributed by atoms with Crippen LogP contribution in [0.5, 0.6) is 5.75 Å². The van der Waals surface area contributed by atoms with Gasteiger partial charge in [0, 0.05) is 19.6 Å². The average molecular weight is 277 g/mol. The van der Waals surface area contributed by atoms with Crippen LogP contribution in [0.4, 0.5) is 0 Å². The summed E-state index contributed by atoms with van der Waals surface area (Å²) in [6.45, 7) is 3.79. The number of aliphatic hydroxyl groups excluding tert-OH is 1. The highest BCUT2D eigenvalue weighted by Gasteiger charge is 2.35. The van der Waals surface area contributed by atoms with Crippen LogP contribution in [-0.4, -0.2) is 53.6 Å². The number of methoxy groups -OCH3 is 1. The molecule has 1 aliphatic heterocycles. The molecule has 1 aliphatic rings. The normalized spacial score (nSPS) is 27.9. The van der Waals surface area contributed by atoms with E-state index in [2.05, 4.69) is 17.1 Å². The summed E-state index contributed by atoms with van der Waals surface area (Å²) in [4.78, 5) is 2.14. The first-order valence-corrected chi connectivity index (χ1v) is 6.94. The largest absolute Gasteiger partial charge is 0.497 e. The van der Waals surface area contributed by atoms with Crippen LogP contribution in [-0.2, 0) is 0 Å². The third-order valence-electron chi connectivity index (χ3n) is 3.87. The van der Waals surface area contributed by atoms with Gasteiger partial charge < -0.3 is 14.9 Å². The van der Waals surface area contributed by atoms with Crippen molar-refractivity contribution in [2.24, 2.45) is 0 Å². The van der Waals surface area contributed by atoms with Crippen LogP contribution in [0, 0.1) is 0 Å². The molecule has 2 N–H and O–H groups in total. The van der Waals surface area contributed by atoms with Crippen molar-refractivity contribution in [2.45, 2.75) is 25.0 Å². The number of rotatable bonds is 4. The highest BCUT2D eigenvalue weighted by atomic mass is 16.5. The number of hydrogen-bond acceptors (Lipinski definition) is 4. The minimum Gasteiger partial charge on any atom is -0.497 e. The zero-order chi connectivity index (χ0) is 14.6. The van der Waals surface area contributed by atoms with Gasteiger partial charge in [0.1, 0.15) is 5.75 Å². The zero-order valence-electron chi connectivity index (χ0n) is 12.1. The topological polar surface area (TPSA) is 52.9 Å². The Balaban J connectivity index is 1.84. The van der Waals surface area contributed by atoms with E-state index in [1.54, 1.807) is 14.0 Å². The molecule has 0 aliphatic carbocycles. The standard InChI is InChI=1S/C16H23NO3/c1-16(19)9-11-17(12-15(16)18)10-3-4-13-5-7-14(20-2)8-6-13/h3-8,15,18-19H,9-12H2,1-2H3/b4-3+/t15-,16-/m1/s1. The van der Waals surface area contributed by atoms with Crippen molar-refractivity contribution in [3.63, 3.8) is 0 Å². The molecule has 0 spiro atoms. The van der Waals surface area contributed by atoms with Crippen LogP contribution in [0.15, 0.2) is 30.3 Å².